The molecule has 1 aromatic heterocycles. The van der Waals surface area contributed by atoms with Crippen LogP contribution in [0.15, 0.2) is 36.4 Å². The number of phenolic OH excluding ortho intramolecular Hbond substituents is 1. The molecule has 0 spiro atoms. The van der Waals surface area contributed by atoms with Crippen LogP contribution in [0.25, 0.3) is 10.8 Å². The molecule has 0 unspecified atom stereocenters. The minimum Gasteiger partial charge on any atom is -0.508 e. The average Bonchev–Trinajstić information content (AvgIpc) is 2.72. The van der Waals surface area contributed by atoms with E-state index in [1.165, 1.54) is 0 Å². The molecule has 0 radical (unpaired) electrons. The molecule has 0 saturated carbocycles. The fraction of sp³-hybridized carbons (Fsp3) is 0.391. The summed E-state index contributed by atoms with van der Waals surface area (Å²) in [5.74, 6) is 0.766. The fourth-order valence-electron chi connectivity index (χ4n) is 3.94. The van der Waals surface area contributed by atoms with Crippen LogP contribution in [0.2, 0.25) is 0 Å². The van der Waals surface area contributed by atoms with Crippen molar-refractivity contribution >= 4 is 22.3 Å². The van der Waals surface area contributed by atoms with E-state index in [1.54, 1.807) is 6.07 Å². The monoisotopic (exact) mass is 407 g/mol. The van der Waals surface area contributed by atoms with Crippen molar-refractivity contribution in [2.45, 2.75) is 25.8 Å². The highest BCUT2D eigenvalue weighted by Gasteiger charge is 2.23. The molecule has 1 aliphatic heterocycles. The van der Waals surface area contributed by atoms with Gasteiger partial charge in [0.15, 0.2) is 0 Å². The molecule has 0 aliphatic carbocycles. The number of unbranched alkanes of at least 4 members (excludes halogenated alkanes) is 1. The second-order valence-electron chi connectivity index (χ2n) is 8.03. The largest absolute Gasteiger partial charge is 0.508 e. The zero-order valence-corrected chi connectivity index (χ0v) is 17.6. The quantitative estimate of drug-likeness (QED) is 0.582. The highest BCUT2D eigenvalue weighted by Crippen LogP contribution is 2.35. The Labute approximate surface area is 177 Å². The van der Waals surface area contributed by atoms with Crippen molar-refractivity contribution < 1.29 is 9.84 Å². The van der Waals surface area contributed by atoms with Gasteiger partial charge in [-0.25, -0.2) is 0 Å². The highest BCUT2D eigenvalue weighted by molar-refractivity contribution is 5.95. The second kappa shape index (κ2) is 8.75. The number of hydrogen-bond donors (Lipinski definition) is 2. The number of benzene rings is 2. The zero-order valence-electron chi connectivity index (χ0n) is 17.6. The van der Waals surface area contributed by atoms with Gasteiger partial charge in [-0.05, 0) is 51.4 Å². The van der Waals surface area contributed by atoms with Crippen LogP contribution in [0.4, 0.5) is 11.5 Å². The molecule has 30 heavy (non-hydrogen) atoms. The maximum atomic E-state index is 10.2. The molecule has 3 N–H and O–H groups in total. The third-order valence-corrected chi connectivity index (χ3v) is 5.47. The van der Waals surface area contributed by atoms with Crippen LogP contribution >= 0.6 is 0 Å². The molecule has 0 bridgehead atoms. The number of anilines is 2. The second-order valence-corrected chi connectivity index (χ2v) is 8.03. The molecular weight excluding hydrogens is 378 g/mol. The molecule has 7 nitrogen and oxygen atoms in total. The van der Waals surface area contributed by atoms with E-state index < -0.39 is 0 Å². The van der Waals surface area contributed by atoms with Gasteiger partial charge in [-0.2, -0.15) is 9.97 Å². The molecule has 1 aliphatic rings. The highest BCUT2D eigenvalue weighted by atomic mass is 16.5. The van der Waals surface area contributed by atoms with E-state index in [0.29, 0.717) is 25.0 Å². The third-order valence-electron chi connectivity index (χ3n) is 5.47. The van der Waals surface area contributed by atoms with Crippen molar-refractivity contribution in [2.24, 2.45) is 0 Å². The van der Waals surface area contributed by atoms with Crippen molar-refractivity contribution in [3.8, 4) is 11.8 Å². The lowest BCUT2D eigenvalue weighted by Crippen LogP contribution is -2.32. The number of aromatic hydroxyl groups is 1. The summed E-state index contributed by atoms with van der Waals surface area (Å²) in [6.45, 7) is 3.00. The van der Waals surface area contributed by atoms with Gasteiger partial charge in [0.1, 0.15) is 11.6 Å². The number of rotatable bonds is 7. The number of phenols is 1. The Kier molecular flexibility index (Phi) is 5.90. The number of aromatic nitrogens is 2. The molecular formula is C23H29N5O2. The van der Waals surface area contributed by atoms with Gasteiger partial charge >= 0.3 is 6.01 Å². The van der Waals surface area contributed by atoms with Gasteiger partial charge in [0.2, 0.25) is 0 Å². The molecule has 3 aromatic rings. The van der Waals surface area contributed by atoms with Gasteiger partial charge in [0, 0.05) is 29.2 Å². The maximum Gasteiger partial charge on any atom is 0.318 e. The van der Waals surface area contributed by atoms with Gasteiger partial charge in [-0.3, -0.25) is 0 Å². The molecule has 2 heterocycles. The van der Waals surface area contributed by atoms with Crippen LogP contribution in [0.1, 0.15) is 24.1 Å². The van der Waals surface area contributed by atoms with Crippen LogP contribution in [0.5, 0.6) is 11.8 Å². The Morgan fingerprint density at radius 2 is 2.00 bits per heavy atom. The first-order valence-electron chi connectivity index (χ1n) is 10.4. The third kappa shape index (κ3) is 4.41. The molecule has 4 rings (SSSR count). The lowest BCUT2D eigenvalue weighted by atomic mass is 10.0. The van der Waals surface area contributed by atoms with Crippen LogP contribution in [-0.4, -0.2) is 53.8 Å². The number of hydrogen-bond acceptors (Lipinski definition) is 7. The predicted octanol–water partition coefficient (Wildman–Crippen LogP) is 3.20. The summed E-state index contributed by atoms with van der Waals surface area (Å²) in [6.07, 6.45) is 2.76. The first kappa shape index (κ1) is 20.2. The molecule has 0 amide bonds. The molecule has 0 atom stereocenters. The van der Waals surface area contributed by atoms with Gasteiger partial charge in [0.05, 0.1) is 18.8 Å². The van der Waals surface area contributed by atoms with Gasteiger partial charge in [-0.15, -0.1) is 0 Å². The normalized spacial score (nSPS) is 13.6. The number of nitrogens with two attached hydrogens (primary N) is 1. The summed E-state index contributed by atoms with van der Waals surface area (Å²) in [7, 11) is 4.13. The van der Waals surface area contributed by atoms with Gasteiger partial charge in [-0.1, -0.05) is 24.3 Å². The van der Waals surface area contributed by atoms with E-state index in [1.807, 2.05) is 24.3 Å². The number of nitrogens with zero attached hydrogens (tertiary/aromatic N) is 4. The Morgan fingerprint density at radius 3 is 2.83 bits per heavy atom. The van der Waals surface area contributed by atoms with E-state index in [4.69, 9.17) is 10.5 Å². The zero-order chi connectivity index (χ0) is 21.1. The maximum absolute atomic E-state index is 10.2. The fourth-order valence-corrected chi connectivity index (χ4v) is 3.94. The summed E-state index contributed by atoms with van der Waals surface area (Å²) >= 11 is 0. The smallest absolute Gasteiger partial charge is 0.318 e. The molecule has 0 fully saturated rings. The summed E-state index contributed by atoms with van der Waals surface area (Å²) in [6, 6.07) is 12.0. The summed E-state index contributed by atoms with van der Waals surface area (Å²) in [5.41, 5.74) is 9.10. The van der Waals surface area contributed by atoms with Crippen molar-refractivity contribution in [1.82, 2.24) is 14.9 Å². The van der Waals surface area contributed by atoms with Crippen molar-refractivity contribution in [3.63, 3.8) is 0 Å². The average molecular weight is 408 g/mol. The van der Waals surface area contributed by atoms with Crippen molar-refractivity contribution in [3.05, 3.63) is 47.7 Å². The van der Waals surface area contributed by atoms with Crippen LogP contribution in [0, 0.1) is 0 Å². The van der Waals surface area contributed by atoms with Crippen LogP contribution in [-0.2, 0) is 13.0 Å². The molecule has 0 saturated heterocycles. The van der Waals surface area contributed by atoms with E-state index >= 15 is 0 Å². The predicted molar refractivity (Wildman–Crippen MR) is 120 cm³/mol. The standard InChI is InChI=1S/C23H29N5O2/c1-27(2)10-5-6-12-30-23-25-20-15-28(11-9-19(20)22(24)26-23)21-14-17(29)13-16-7-3-4-8-18(16)21/h3-4,7-8,13-14,29H,5-6,9-12,15H2,1-2H3,(H2,24,25,26). The Bertz CT molecular complexity index is 1040. The lowest BCUT2D eigenvalue weighted by Gasteiger charge is -2.31. The molecule has 7 heteroatoms. The number of ether oxygens (including phenoxy) is 1. The summed E-state index contributed by atoms with van der Waals surface area (Å²) in [4.78, 5) is 13.4. The van der Waals surface area contributed by atoms with Gasteiger partial charge in [0.25, 0.3) is 0 Å². The van der Waals surface area contributed by atoms with E-state index in [0.717, 1.165) is 60.1 Å². The minimum absolute atomic E-state index is 0.262. The summed E-state index contributed by atoms with van der Waals surface area (Å²) < 4.78 is 5.79. The van der Waals surface area contributed by atoms with Gasteiger partial charge < -0.3 is 25.4 Å². The topological polar surface area (TPSA) is 87.7 Å². The van der Waals surface area contributed by atoms with Crippen LogP contribution < -0.4 is 15.4 Å². The first-order valence-corrected chi connectivity index (χ1v) is 10.4. The SMILES string of the molecule is CN(C)CCCCOc1nc(N)c2c(n1)CN(c1cc(O)cc3ccccc13)CC2. The van der Waals surface area contributed by atoms with Crippen molar-refractivity contribution in [2.75, 3.05) is 44.4 Å². The Hall–Kier alpha value is -3.06. The minimum atomic E-state index is 0.262. The Morgan fingerprint density at radius 1 is 1.17 bits per heavy atom. The number of fused-ring (bicyclic) bond motifs is 2. The lowest BCUT2D eigenvalue weighted by molar-refractivity contribution is 0.272. The molecule has 158 valence electrons. The van der Waals surface area contributed by atoms with E-state index in [2.05, 4.69) is 39.9 Å². The first-order chi connectivity index (χ1) is 14.5. The van der Waals surface area contributed by atoms with E-state index in [-0.39, 0.29) is 5.75 Å². The molecule has 2 aromatic carbocycles. The summed E-state index contributed by atoms with van der Waals surface area (Å²) in [5, 5.41) is 12.3. The van der Waals surface area contributed by atoms with Crippen LogP contribution in [0.3, 0.4) is 0 Å². The van der Waals surface area contributed by atoms with Crippen molar-refractivity contribution in [1.29, 1.82) is 0 Å². The Balaban J connectivity index is 1.53. The van der Waals surface area contributed by atoms with E-state index in [9.17, 15) is 5.11 Å². The number of nitrogen functional groups attached to an aromatic ring is 1.